The molecule has 2 nitrogen and oxygen atoms in total. The van der Waals surface area contributed by atoms with Crippen LogP contribution in [0, 0.1) is 0 Å². The number of nitrogens with zero attached hydrogens (tertiary/aromatic N) is 1. The summed E-state index contributed by atoms with van der Waals surface area (Å²) >= 11 is 1.66. The van der Waals surface area contributed by atoms with Crippen LogP contribution < -0.4 is 0 Å². The van der Waals surface area contributed by atoms with E-state index in [2.05, 4.69) is 24.3 Å². The Kier molecular flexibility index (Phi) is 3.53. The highest BCUT2D eigenvalue weighted by Gasteiger charge is 2.48. The first kappa shape index (κ1) is 13.3. The molecule has 3 heteroatoms. The maximum absolute atomic E-state index is 12.4. The van der Waals surface area contributed by atoms with Crippen molar-refractivity contribution in [2.45, 2.75) is 23.1 Å². The van der Waals surface area contributed by atoms with E-state index in [-0.39, 0.29) is 10.7 Å². The van der Waals surface area contributed by atoms with Crippen molar-refractivity contribution < 1.29 is 4.79 Å². The Morgan fingerprint density at radius 1 is 1.05 bits per heavy atom. The predicted octanol–water partition coefficient (Wildman–Crippen LogP) is 3.58. The standard InChI is InChI=1S/C17H17NOS/c1-17(20-15-10-6-3-7-11-15)13-18(16(17)19)12-14-8-4-2-5-9-14/h2-11H,12-13H2,1H3. The van der Waals surface area contributed by atoms with Crippen LogP contribution in [-0.4, -0.2) is 22.1 Å². The second-order valence-electron chi connectivity index (χ2n) is 5.29. The van der Waals surface area contributed by atoms with Crippen molar-refractivity contribution in [3.8, 4) is 0 Å². The second kappa shape index (κ2) is 5.33. The summed E-state index contributed by atoms with van der Waals surface area (Å²) in [6.07, 6.45) is 0. The summed E-state index contributed by atoms with van der Waals surface area (Å²) in [6.45, 7) is 3.55. The average Bonchev–Trinajstić information content (AvgIpc) is 2.48. The van der Waals surface area contributed by atoms with Gasteiger partial charge in [-0.3, -0.25) is 4.79 Å². The Morgan fingerprint density at radius 3 is 2.25 bits per heavy atom. The molecular formula is C17H17NOS. The van der Waals surface area contributed by atoms with Crippen molar-refractivity contribution in [3.63, 3.8) is 0 Å². The number of likely N-dealkylation sites (tertiary alicyclic amines) is 1. The summed E-state index contributed by atoms with van der Waals surface area (Å²) in [4.78, 5) is 15.5. The fraction of sp³-hybridized carbons (Fsp3) is 0.235. The van der Waals surface area contributed by atoms with Gasteiger partial charge in [0.15, 0.2) is 0 Å². The molecule has 1 aliphatic heterocycles. The maximum Gasteiger partial charge on any atom is 0.241 e. The quantitative estimate of drug-likeness (QED) is 0.799. The van der Waals surface area contributed by atoms with Crippen molar-refractivity contribution in [2.24, 2.45) is 0 Å². The van der Waals surface area contributed by atoms with E-state index in [4.69, 9.17) is 0 Å². The summed E-state index contributed by atoms with van der Waals surface area (Å²) in [5.74, 6) is 0.232. The van der Waals surface area contributed by atoms with Crippen LogP contribution in [0.15, 0.2) is 65.6 Å². The fourth-order valence-electron chi connectivity index (χ4n) is 2.50. The van der Waals surface area contributed by atoms with Crippen LogP contribution in [0.25, 0.3) is 0 Å². The van der Waals surface area contributed by atoms with Crippen LogP contribution in [0.5, 0.6) is 0 Å². The van der Waals surface area contributed by atoms with Gasteiger partial charge in [0.05, 0.1) is 0 Å². The van der Waals surface area contributed by atoms with Crippen LogP contribution >= 0.6 is 11.8 Å². The molecule has 1 amide bonds. The molecule has 0 bridgehead atoms. The van der Waals surface area contributed by atoms with E-state index in [0.29, 0.717) is 6.54 Å². The number of rotatable bonds is 4. The number of β-lactam (4-membered cyclic amide) rings is 1. The minimum absolute atomic E-state index is 0.232. The zero-order valence-corrected chi connectivity index (χ0v) is 12.3. The SMILES string of the molecule is CC1(Sc2ccccc2)CN(Cc2ccccc2)C1=O. The Labute approximate surface area is 123 Å². The number of carbonyl (C=O) groups is 1. The Hall–Kier alpha value is -1.74. The highest BCUT2D eigenvalue weighted by Crippen LogP contribution is 2.41. The van der Waals surface area contributed by atoms with Crippen molar-refractivity contribution in [1.82, 2.24) is 4.90 Å². The van der Waals surface area contributed by atoms with Crippen LogP contribution in [0.1, 0.15) is 12.5 Å². The van der Waals surface area contributed by atoms with Gasteiger partial charge in [0.1, 0.15) is 4.75 Å². The van der Waals surface area contributed by atoms with Gasteiger partial charge in [0.2, 0.25) is 5.91 Å². The van der Waals surface area contributed by atoms with Crippen LogP contribution in [0.3, 0.4) is 0 Å². The van der Waals surface area contributed by atoms with Crippen molar-refractivity contribution >= 4 is 17.7 Å². The van der Waals surface area contributed by atoms with Gasteiger partial charge in [-0.2, -0.15) is 0 Å². The zero-order valence-electron chi connectivity index (χ0n) is 11.5. The minimum Gasteiger partial charge on any atom is -0.335 e. The number of thioether (sulfide) groups is 1. The van der Waals surface area contributed by atoms with Gasteiger partial charge < -0.3 is 4.90 Å². The molecule has 1 unspecified atom stereocenters. The highest BCUT2D eigenvalue weighted by atomic mass is 32.2. The molecule has 0 saturated carbocycles. The number of benzene rings is 2. The van der Waals surface area contributed by atoms with Crippen molar-refractivity contribution in [1.29, 1.82) is 0 Å². The minimum atomic E-state index is -0.309. The molecule has 20 heavy (non-hydrogen) atoms. The van der Waals surface area contributed by atoms with Gasteiger partial charge in [0, 0.05) is 18.0 Å². The van der Waals surface area contributed by atoms with Crippen LogP contribution in [0.4, 0.5) is 0 Å². The third-order valence-corrected chi connectivity index (χ3v) is 4.80. The topological polar surface area (TPSA) is 20.3 Å². The van der Waals surface area contributed by atoms with Gasteiger partial charge in [-0.1, -0.05) is 48.5 Å². The van der Waals surface area contributed by atoms with Gasteiger partial charge >= 0.3 is 0 Å². The lowest BCUT2D eigenvalue weighted by atomic mass is 9.99. The van der Waals surface area contributed by atoms with Crippen molar-refractivity contribution in [2.75, 3.05) is 6.54 Å². The molecule has 2 aromatic carbocycles. The van der Waals surface area contributed by atoms with E-state index in [1.165, 1.54) is 5.56 Å². The lowest BCUT2D eigenvalue weighted by Crippen LogP contribution is -2.62. The van der Waals surface area contributed by atoms with Crippen LogP contribution in [0.2, 0.25) is 0 Å². The lowest BCUT2D eigenvalue weighted by Gasteiger charge is -2.46. The monoisotopic (exact) mass is 283 g/mol. The number of hydrogen-bond acceptors (Lipinski definition) is 2. The lowest BCUT2D eigenvalue weighted by molar-refractivity contribution is -0.144. The van der Waals surface area contributed by atoms with Gasteiger partial charge in [-0.05, 0) is 24.6 Å². The van der Waals surface area contributed by atoms with E-state index < -0.39 is 0 Å². The maximum atomic E-state index is 12.4. The molecule has 0 aliphatic carbocycles. The average molecular weight is 283 g/mol. The normalized spacial score (nSPS) is 21.6. The summed E-state index contributed by atoms with van der Waals surface area (Å²) in [6, 6.07) is 20.3. The molecule has 2 aromatic rings. The van der Waals surface area contributed by atoms with Crippen LogP contribution in [-0.2, 0) is 11.3 Å². The third kappa shape index (κ3) is 2.59. The fourth-order valence-corrected chi connectivity index (χ4v) is 3.75. The Balaban J connectivity index is 1.64. The largest absolute Gasteiger partial charge is 0.335 e. The molecule has 1 atom stereocenters. The molecule has 0 spiro atoms. The molecule has 0 radical (unpaired) electrons. The molecule has 1 fully saturated rings. The highest BCUT2D eigenvalue weighted by molar-refractivity contribution is 8.01. The van der Waals surface area contributed by atoms with Crippen molar-refractivity contribution in [3.05, 3.63) is 66.2 Å². The molecule has 0 N–H and O–H groups in total. The van der Waals surface area contributed by atoms with Gasteiger partial charge in [-0.25, -0.2) is 0 Å². The number of hydrogen-bond donors (Lipinski definition) is 0. The summed E-state index contributed by atoms with van der Waals surface area (Å²) in [5, 5.41) is 0. The van der Waals surface area contributed by atoms with E-state index >= 15 is 0 Å². The number of amides is 1. The van der Waals surface area contributed by atoms with Gasteiger partial charge in [0.25, 0.3) is 0 Å². The van der Waals surface area contributed by atoms with E-state index in [0.717, 1.165) is 11.4 Å². The molecule has 1 aliphatic rings. The second-order valence-corrected chi connectivity index (χ2v) is 6.87. The Bertz CT molecular complexity index is 599. The molecular weight excluding hydrogens is 266 g/mol. The zero-order chi connectivity index (χ0) is 14.0. The summed E-state index contributed by atoms with van der Waals surface area (Å²) in [5.41, 5.74) is 1.19. The Morgan fingerprint density at radius 2 is 1.65 bits per heavy atom. The van der Waals surface area contributed by atoms with E-state index in [9.17, 15) is 4.79 Å². The molecule has 3 rings (SSSR count). The predicted molar refractivity (Wildman–Crippen MR) is 82.6 cm³/mol. The molecule has 1 saturated heterocycles. The third-order valence-electron chi connectivity index (χ3n) is 3.53. The molecule has 0 aromatic heterocycles. The number of carbonyl (C=O) groups excluding carboxylic acids is 1. The summed E-state index contributed by atoms with van der Waals surface area (Å²) < 4.78 is -0.309. The smallest absolute Gasteiger partial charge is 0.241 e. The first-order valence-electron chi connectivity index (χ1n) is 6.75. The van der Waals surface area contributed by atoms with E-state index in [1.54, 1.807) is 11.8 Å². The first-order valence-corrected chi connectivity index (χ1v) is 7.56. The molecule has 102 valence electrons. The molecule has 1 heterocycles. The van der Waals surface area contributed by atoms with E-state index in [1.807, 2.05) is 48.2 Å². The first-order chi connectivity index (χ1) is 9.67. The van der Waals surface area contributed by atoms with Gasteiger partial charge in [-0.15, -0.1) is 11.8 Å². The summed E-state index contributed by atoms with van der Waals surface area (Å²) in [7, 11) is 0.